The number of halogens is 1. The molecule has 0 unspecified atom stereocenters. The minimum atomic E-state index is -3.27. The van der Waals surface area contributed by atoms with Crippen molar-refractivity contribution in [1.29, 1.82) is 0 Å². The van der Waals surface area contributed by atoms with Crippen LogP contribution in [0.4, 0.5) is 0 Å². The fourth-order valence-corrected chi connectivity index (χ4v) is 2.94. The Morgan fingerprint density at radius 2 is 2.00 bits per heavy atom. The lowest BCUT2D eigenvalue weighted by molar-refractivity contribution is 0.1000. The maximum absolute atomic E-state index is 11.2. The van der Waals surface area contributed by atoms with Crippen molar-refractivity contribution in [3.8, 4) is 0 Å². The van der Waals surface area contributed by atoms with Gasteiger partial charge in [0.05, 0.1) is 4.90 Å². The number of sulfone groups is 1. The second kappa shape index (κ2) is 3.70. The highest BCUT2D eigenvalue weighted by atomic mass is 79.9. The highest BCUT2D eigenvalue weighted by Gasteiger charge is 2.13. The summed E-state index contributed by atoms with van der Waals surface area (Å²) in [6.07, 6.45) is 1.09. The summed E-state index contributed by atoms with van der Waals surface area (Å²) in [6, 6.07) is 4.11. The molecule has 4 nitrogen and oxygen atoms in total. The van der Waals surface area contributed by atoms with Crippen molar-refractivity contribution < 1.29 is 13.2 Å². The molecule has 1 rings (SSSR count). The summed E-state index contributed by atoms with van der Waals surface area (Å²) in [5, 5.41) is 0. The summed E-state index contributed by atoms with van der Waals surface area (Å²) in [4.78, 5) is 10.9. The van der Waals surface area contributed by atoms with Gasteiger partial charge in [-0.15, -0.1) is 0 Å². The van der Waals surface area contributed by atoms with Crippen LogP contribution in [0.5, 0.6) is 0 Å². The Kier molecular flexibility index (Phi) is 2.96. The van der Waals surface area contributed by atoms with Crippen LogP contribution < -0.4 is 5.73 Å². The smallest absolute Gasteiger partial charge is 0.248 e. The SMILES string of the molecule is CS(=O)(=O)c1ccc(C(N)=O)cc1Br. The second-order valence-electron chi connectivity index (χ2n) is 2.78. The first-order chi connectivity index (χ1) is 6.32. The number of carbonyl (C=O) groups excluding carboxylic acids is 1. The molecule has 76 valence electrons. The summed E-state index contributed by atoms with van der Waals surface area (Å²) in [5.41, 5.74) is 5.30. The summed E-state index contributed by atoms with van der Waals surface area (Å²) >= 11 is 3.06. The fourth-order valence-electron chi connectivity index (χ4n) is 0.955. The van der Waals surface area contributed by atoms with Gasteiger partial charge in [-0.1, -0.05) is 0 Å². The molecule has 0 bridgehead atoms. The van der Waals surface area contributed by atoms with E-state index in [4.69, 9.17) is 5.73 Å². The monoisotopic (exact) mass is 277 g/mol. The van der Waals surface area contributed by atoms with Crippen molar-refractivity contribution in [2.75, 3.05) is 6.26 Å². The maximum Gasteiger partial charge on any atom is 0.248 e. The van der Waals surface area contributed by atoms with E-state index in [1.165, 1.54) is 18.2 Å². The fraction of sp³-hybridized carbons (Fsp3) is 0.125. The van der Waals surface area contributed by atoms with Gasteiger partial charge < -0.3 is 5.73 Å². The third-order valence-electron chi connectivity index (χ3n) is 1.62. The first-order valence-corrected chi connectivity index (χ1v) is 6.30. The lowest BCUT2D eigenvalue weighted by atomic mass is 10.2. The molecule has 1 aromatic carbocycles. The Hall–Kier alpha value is -0.880. The average molecular weight is 278 g/mol. The van der Waals surface area contributed by atoms with Crippen LogP contribution in [0.2, 0.25) is 0 Å². The molecule has 0 aliphatic carbocycles. The van der Waals surface area contributed by atoms with Gasteiger partial charge in [0.1, 0.15) is 0 Å². The first kappa shape index (κ1) is 11.2. The molecule has 0 aliphatic rings. The number of benzene rings is 1. The molecule has 0 fully saturated rings. The van der Waals surface area contributed by atoms with Gasteiger partial charge in [0.25, 0.3) is 0 Å². The van der Waals surface area contributed by atoms with Crippen LogP contribution in [-0.2, 0) is 9.84 Å². The Bertz CT molecular complexity index is 481. The number of rotatable bonds is 2. The molecule has 0 spiro atoms. The Morgan fingerprint density at radius 1 is 1.43 bits per heavy atom. The number of hydrogen-bond acceptors (Lipinski definition) is 3. The lowest BCUT2D eigenvalue weighted by Gasteiger charge is -2.02. The van der Waals surface area contributed by atoms with Crippen LogP contribution in [0.1, 0.15) is 10.4 Å². The molecule has 6 heteroatoms. The van der Waals surface area contributed by atoms with Gasteiger partial charge in [-0.2, -0.15) is 0 Å². The molecule has 0 radical (unpaired) electrons. The molecular weight excluding hydrogens is 270 g/mol. The van der Waals surface area contributed by atoms with E-state index in [-0.39, 0.29) is 10.5 Å². The van der Waals surface area contributed by atoms with E-state index in [9.17, 15) is 13.2 Å². The van der Waals surface area contributed by atoms with Crippen molar-refractivity contribution in [1.82, 2.24) is 0 Å². The van der Waals surface area contributed by atoms with Crippen molar-refractivity contribution in [3.63, 3.8) is 0 Å². The normalized spacial score (nSPS) is 11.3. The summed E-state index contributed by atoms with van der Waals surface area (Å²) < 4.78 is 22.7. The predicted molar refractivity (Wildman–Crippen MR) is 55.8 cm³/mol. The van der Waals surface area contributed by atoms with Gasteiger partial charge in [-0.05, 0) is 34.1 Å². The molecule has 0 aliphatic heterocycles. The number of nitrogens with two attached hydrogens (primary N) is 1. The van der Waals surface area contributed by atoms with Crippen molar-refractivity contribution in [2.24, 2.45) is 5.73 Å². The Balaban J connectivity index is 3.35. The third-order valence-corrected chi connectivity index (χ3v) is 3.69. The maximum atomic E-state index is 11.2. The Morgan fingerprint density at radius 3 is 2.36 bits per heavy atom. The van der Waals surface area contributed by atoms with E-state index in [0.717, 1.165) is 6.26 Å². The van der Waals surface area contributed by atoms with E-state index in [1.807, 2.05) is 0 Å². The summed E-state index contributed by atoms with van der Waals surface area (Å²) in [7, 11) is -3.27. The van der Waals surface area contributed by atoms with E-state index < -0.39 is 15.7 Å². The van der Waals surface area contributed by atoms with Crippen LogP contribution in [-0.4, -0.2) is 20.6 Å². The zero-order valence-corrected chi connectivity index (χ0v) is 9.72. The van der Waals surface area contributed by atoms with Crippen LogP contribution in [0.25, 0.3) is 0 Å². The summed E-state index contributed by atoms with van der Waals surface area (Å²) in [5.74, 6) is -0.592. The van der Waals surface area contributed by atoms with Crippen molar-refractivity contribution in [3.05, 3.63) is 28.2 Å². The molecule has 14 heavy (non-hydrogen) atoms. The number of amides is 1. The van der Waals surface area contributed by atoms with Gasteiger partial charge in [0.2, 0.25) is 5.91 Å². The highest BCUT2D eigenvalue weighted by molar-refractivity contribution is 9.10. The molecule has 0 saturated heterocycles. The van der Waals surface area contributed by atoms with E-state index in [2.05, 4.69) is 15.9 Å². The van der Waals surface area contributed by atoms with E-state index in [0.29, 0.717) is 4.47 Å². The standard InChI is InChI=1S/C8H8BrNO3S/c1-14(12,13)7-3-2-5(8(10)11)4-6(7)9/h2-4H,1H3,(H2,10,11). The molecule has 0 saturated carbocycles. The van der Waals surface area contributed by atoms with E-state index in [1.54, 1.807) is 0 Å². The van der Waals surface area contributed by atoms with Crippen LogP contribution in [0.15, 0.2) is 27.6 Å². The second-order valence-corrected chi connectivity index (χ2v) is 5.62. The molecule has 0 heterocycles. The molecular formula is C8H8BrNO3S. The topological polar surface area (TPSA) is 77.2 Å². The van der Waals surface area contributed by atoms with Crippen LogP contribution in [0.3, 0.4) is 0 Å². The van der Waals surface area contributed by atoms with Gasteiger partial charge in [0, 0.05) is 16.3 Å². The number of hydrogen-bond donors (Lipinski definition) is 1. The number of primary amides is 1. The highest BCUT2D eigenvalue weighted by Crippen LogP contribution is 2.22. The molecule has 2 N–H and O–H groups in total. The van der Waals surface area contributed by atoms with Gasteiger partial charge in [-0.25, -0.2) is 8.42 Å². The largest absolute Gasteiger partial charge is 0.366 e. The van der Waals surface area contributed by atoms with Gasteiger partial charge in [-0.3, -0.25) is 4.79 Å². The molecule has 1 amide bonds. The Labute approximate surface area is 90.2 Å². The third kappa shape index (κ3) is 2.33. The van der Waals surface area contributed by atoms with Crippen molar-refractivity contribution in [2.45, 2.75) is 4.90 Å². The zero-order chi connectivity index (χ0) is 10.9. The van der Waals surface area contributed by atoms with Crippen molar-refractivity contribution >= 4 is 31.7 Å². The number of carbonyl (C=O) groups is 1. The molecule has 0 atom stereocenters. The minimum absolute atomic E-state index is 0.141. The quantitative estimate of drug-likeness (QED) is 0.875. The average Bonchev–Trinajstić information content (AvgIpc) is 2.01. The molecule has 1 aromatic rings. The zero-order valence-electron chi connectivity index (χ0n) is 7.32. The minimum Gasteiger partial charge on any atom is -0.366 e. The van der Waals surface area contributed by atoms with Crippen LogP contribution >= 0.6 is 15.9 Å². The van der Waals surface area contributed by atoms with Gasteiger partial charge in [0.15, 0.2) is 9.84 Å². The summed E-state index contributed by atoms with van der Waals surface area (Å²) in [6.45, 7) is 0. The lowest BCUT2D eigenvalue weighted by Crippen LogP contribution is -2.11. The first-order valence-electron chi connectivity index (χ1n) is 3.62. The van der Waals surface area contributed by atoms with Gasteiger partial charge >= 0.3 is 0 Å². The van der Waals surface area contributed by atoms with E-state index >= 15 is 0 Å². The molecule has 0 aromatic heterocycles. The predicted octanol–water partition coefficient (Wildman–Crippen LogP) is 0.952. The van der Waals surface area contributed by atoms with Crippen LogP contribution in [0, 0.1) is 0 Å².